The van der Waals surface area contributed by atoms with Crippen molar-refractivity contribution in [1.82, 2.24) is 5.32 Å². The van der Waals surface area contributed by atoms with Gasteiger partial charge >= 0.3 is 0 Å². The molecular weight excluding hydrogens is 290 g/mol. The van der Waals surface area contributed by atoms with Gasteiger partial charge in [-0.05, 0) is 55.2 Å². The lowest BCUT2D eigenvalue weighted by Crippen LogP contribution is -2.43. The molecule has 0 radical (unpaired) electrons. The molecule has 1 aliphatic rings. The summed E-state index contributed by atoms with van der Waals surface area (Å²) in [4.78, 5) is 0. The quantitative estimate of drug-likeness (QED) is 0.813. The van der Waals surface area contributed by atoms with Gasteiger partial charge in [0, 0.05) is 18.6 Å². The Morgan fingerprint density at radius 1 is 1.23 bits per heavy atom. The van der Waals surface area contributed by atoms with Gasteiger partial charge in [0.15, 0.2) is 0 Å². The first-order valence-corrected chi connectivity index (χ1v) is 11.2. The summed E-state index contributed by atoms with van der Waals surface area (Å²) < 4.78 is 6.35. The maximum absolute atomic E-state index is 9.40. The topological polar surface area (TPSA) is 41.5 Å². The van der Waals surface area contributed by atoms with Crippen LogP contribution in [0.4, 0.5) is 0 Å². The van der Waals surface area contributed by atoms with E-state index >= 15 is 0 Å². The molecule has 1 aromatic rings. The molecule has 1 heterocycles. The van der Waals surface area contributed by atoms with E-state index in [1.807, 2.05) is 0 Å². The molecule has 1 aromatic carbocycles. The van der Waals surface area contributed by atoms with Crippen LogP contribution < -0.4 is 9.74 Å². The van der Waals surface area contributed by atoms with Crippen LogP contribution in [-0.2, 0) is 5.41 Å². The fourth-order valence-electron chi connectivity index (χ4n) is 2.89. The Kier molecular flexibility index (Phi) is 5.05. The van der Waals surface area contributed by atoms with Crippen molar-refractivity contribution in [1.29, 1.82) is 0 Å². The summed E-state index contributed by atoms with van der Waals surface area (Å²) in [5, 5.41) is 13.0. The van der Waals surface area contributed by atoms with Crippen LogP contribution in [0.15, 0.2) is 24.3 Å². The Morgan fingerprint density at radius 2 is 1.86 bits per heavy atom. The third kappa shape index (κ3) is 3.55. The molecule has 22 heavy (non-hydrogen) atoms. The molecule has 1 saturated heterocycles. The van der Waals surface area contributed by atoms with Gasteiger partial charge in [-0.25, -0.2) is 0 Å². The van der Waals surface area contributed by atoms with E-state index in [1.165, 1.54) is 5.56 Å². The molecule has 0 amide bonds. The predicted octanol–water partition coefficient (Wildman–Crippen LogP) is 3.68. The summed E-state index contributed by atoms with van der Waals surface area (Å²) in [6.45, 7) is 13.5. The molecule has 0 aromatic heterocycles. The monoisotopic (exact) mass is 321 g/mol. The van der Waals surface area contributed by atoms with Gasteiger partial charge < -0.3 is 14.8 Å². The first kappa shape index (κ1) is 17.5. The van der Waals surface area contributed by atoms with Crippen molar-refractivity contribution in [3.05, 3.63) is 29.8 Å². The Balaban J connectivity index is 2.17. The average molecular weight is 322 g/mol. The molecule has 0 saturated carbocycles. The molecule has 4 heteroatoms. The maximum Gasteiger partial charge on any atom is 0.250 e. The van der Waals surface area contributed by atoms with Gasteiger partial charge in [0.1, 0.15) is 5.75 Å². The second-order valence-electron chi connectivity index (χ2n) is 8.07. The summed E-state index contributed by atoms with van der Waals surface area (Å²) in [7, 11) is -1.78. The number of rotatable bonds is 5. The molecular formula is C18H31NO2Si. The standard InChI is InChI=1S/C18H31NO2Si/c1-17(2,3)22(4,5)21-16-8-6-15(7-9-16)18(11-13-20)10-12-19-14-18/h6-9,19-20H,10-14H2,1-5H3. The van der Waals surface area contributed by atoms with Crippen molar-refractivity contribution in [2.24, 2.45) is 0 Å². The molecule has 0 aliphatic carbocycles. The predicted molar refractivity (Wildman–Crippen MR) is 95.1 cm³/mol. The molecule has 0 spiro atoms. The average Bonchev–Trinajstić information content (AvgIpc) is 2.88. The molecule has 1 fully saturated rings. The van der Waals surface area contributed by atoms with E-state index in [0.29, 0.717) is 0 Å². The minimum Gasteiger partial charge on any atom is -0.544 e. The molecule has 2 N–H and O–H groups in total. The van der Waals surface area contributed by atoms with E-state index in [0.717, 1.165) is 31.7 Å². The molecule has 1 atom stereocenters. The number of nitrogens with one attached hydrogen (secondary N) is 1. The zero-order valence-corrected chi connectivity index (χ0v) is 15.7. The third-order valence-corrected chi connectivity index (χ3v) is 9.84. The van der Waals surface area contributed by atoms with E-state index < -0.39 is 8.32 Å². The first-order valence-electron chi connectivity index (χ1n) is 8.31. The Hall–Kier alpha value is -0.843. The summed E-state index contributed by atoms with van der Waals surface area (Å²) in [5.74, 6) is 0.973. The normalized spacial score (nSPS) is 22.8. The first-order chi connectivity index (χ1) is 10.2. The van der Waals surface area contributed by atoms with Crippen molar-refractivity contribution in [2.45, 2.75) is 57.2 Å². The fourth-order valence-corrected chi connectivity index (χ4v) is 3.92. The smallest absolute Gasteiger partial charge is 0.250 e. The lowest BCUT2D eigenvalue weighted by atomic mass is 9.77. The number of aliphatic hydroxyl groups is 1. The summed E-state index contributed by atoms with van der Waals surface area (Å²) in [6, 6.07) is 8.58. The van der Waals surface area contributed by atoms with Gasteiger partial charge in [-0.2, -0.15) is 0 Å². The van der Waals surface area contributed by atoms with Crippen LogP contribution in [0.3, 0.4) is 0 Å². The van der Waals surface area contributed by atoms with Crippen molar-refractivity contribution >= 4 is 8.32 Å². The Bertz CT molecular complexity index is 485. The molecule has 124 valence electrons. The minimum absolute atomic E-state index is 0.0876. The largest absolute Gasteiger partial charge is 0.544 e. The van der Waals surface area contributed by atoms with Gasteiger partial charge in [-0.15, -0.1) is 0 Å². The van der Waals surface area contributed by atoms with Crippen LogP contribution in [0, 0.1) is 0 Å². The summed E-state index contributed by atoms with van der Waals surface area (Å²) >= 11 is 0. The van der Waals surface area contributed by atoms with Crippen LogP contribution in [0.1, 0.15) is 39.2 Å². The Labute approximate surface area is 136 Å². The van der Waals surface area contributed by atoms with E-state index in [9.17, 15) is 5.11 Å². The third-order valence-electron chi connectivity index (χ3n) is 5.48. The number of benzene rings is 1. The van der Waals surface area contributed by atoms with Gasteiger partial charge in [-0.1, -0.05) is 32.9 Å². The minimum atomic E-state index is -1.78. The zero-order valence-electron chi connectivity index (χ0n) is 14.7. The second-order valence-corrected chi connectivity index (χ2v) is 12.8. The van der Waals surface area contributed by atoms with Gasteiger partial charge in [0.2, 0.25) is 8.32 Å². The molecule has 3 nitrogen and oxygen atoms in total. The van der Waals surface area contributed by atoms with E-state index in [-0.39, 0.29) is 17.1 Å². The highest BCUT2D eigenvalue weighted by atomic mass is 28.4. The van der Waals surface area contributed by atoms with Gasteiger partial charge in [-0.3, -0.25) is 0 Å². The zero-order chi connectivity index (χ0) is 16.4. The molecule has 1 aliphatic heterocycles. The van der Waals surface area contributed by atoms with Crippen LogP contribution in [0.25, 0.3) is 0 Å². The molecule has 2 rings (SSSR count). The van der Waals surface area contributed by atoms with Gasteiger partial charge in [0.25, 0.3) is 0 Å². The van der Waals surface area contributed by atoms with Crippen molar-refractivity contribution in [2.75, 3.05) is 19.7 Å². The van der Waals surface area contributed by atoms with Crippen molar-refractivity contribution < 1.29 is 9.53 Å². The lowest BCUT2D eigenvalue weighted by Gasteiger charge is -2.36. The maximum atomic E-state index is 9.40. The van der Waals surface area contributed by atoms with E-state index in [4.69, 9.17) is 4.43 Å². The highest BCUT2D eigenvalue weighted by molar-refractivity contribution is 6.74. The van der Waals surface area contributed by atoms with Crippen molar-refractivity contribution in [3.8, 4) is 5.75 Å². The van der Waals surface area contributed by atoms with E-state index in [1.54, 1.807) is 0 Å². The SMILES string of the molecule is CC(C)(C)[Si](C)(C)Oc1ccc(C2(CCO)CCNC2)cc1. The highest BCUT2D eigenvalue weighted by Crippen LogP contribution is 2.39. The number of hydrogen-bond acceptors (Lipinski definition) is 3. The summed E-state index contributed by atoms with van der Waals surface area (Å²) in [6.07, 6.45) is 1.92. The van der Waals surface area contributed by atoms with Crippen LogP contribution >= 0.6 is 0 Å². The lowest BCUT2D eigenvalue weighted by molar-refractivity contribution is 0.244. The van der Waals surface area contributed by atoms with Crippen LogP contribution in [0.2, 0.25) is 18.1 Å². The van der Waals surface area contributed by atoms with E-state index in [2.05, 4.69) is 63.4 Å². The van der Waals surface area contributed by atoms with Crippen LogP contribution in [0.5, 0.6) is 5.75 Å². The number of hydrogen-bond donors (Lipinski definition) is 2. The van der Waals surface area contributed by atoms with Crippen molar-refractivity contribution in [3.63, 3.8) is 0 Å². The molecule has 0 bridgehead atoms. The fraction of sp³-hybridized carbons (Fsp3) is 0.667. The number of aliphatic hydroxyl groups excluding tert-OH is 1. The van der Waals surface area contributed by atoms with Gasteiger partial charge in [0.05, 0.1) is 0 Å². The molecule has 1 unspecified atom stereocenters. The van der Waals surface area contributed by atoms with Crippen LogP contribution in [-0.4, -0.2) is 33.1 Å². The highest BCUT2D eigenvalue weighted by Gasteiger charge is 2.39. The Morgan fingerprint density at radius 3 is 2.32 bits per heavy atom. The second kappa shape index (κ2) is 6.34. The summed E-state index contributed by atoms with van der Waals surface area (Å²) in [5.41, 5.74) is 1.40.